The van der Waals surface area contributed by atoms with E-state index >= 15 is 0 Å². The highest BCUT2D eigenvalue weighted by atomic mass is 32.2. The summed E-state index contributed by atoms with van der Waals surface area (Å²) < 4.78 is 5.64. The van der Waals surface area contributed by atoms with Gasteiger partial charge >= 0.3 is 5.97 Å². The largest absolute Gasteiger partial charge is 0.493 e. The second-order valence-electron chi connectivity index (χ2n) is 5.44. The monoisotopic (exact) mass is 294 g/mol. The van der Waals surface area contributed by atoms with Crippen molar-refractivity contribution >= 4 is 17.7 Å². The Balaban J connectivity index is 1.66. The highest BCUT2D eigenvalue weighted by molar-refractivity contribution is 7.99. The van der Waals surface area contributed by atoms with Gasteiger partial charge in [0.15, 0.2) is 0 Å². The molecule has 0 heterocycles. The number of rotatable bonds is 6. The van der Waals surface area contributed by atoms with Crippen molar-refractivity contribution in [1.29, 1.82) is 0 Å². The van der Waals surface area contributed by atoms with E-state index in [0.717, 1.165) is 22.7 Å². The zero-order chi connectivity index (χ0) is 14.4. The summed E-state index contributed by atoms with van der Waals surface area (Å²) in [4.78, 5) is 10.7. The topological polar surface area (TPSA) is 46.5 Å². The first-order valence-electron chi connectivity index (χ1n) is 7.23. The van der Waals surface area contributed by atoms with E-state index in [-0.39, 0.29) is 0 Å². The van der Waals surface area contributed by atoms with Gasteiger partial charge in [-0.15, -0.1) is 0 Å². The quantitative estimate of drug-likeness (QED) is 0.803. The Bertz CT molecular complexity index is 430. The van der Waals surface area contributed by atoms with Crippen molar-refractivity contribution in [2.75, 3.05) is 12.4 Å². The summed E-state index contributed by atoms with van der Waals surface area (Å²) >= 11 is 2.01. The van der Waals surface area contributed by atoms with Crippen molar-refractivity contribution in [3.63, 3.8) is 0 Å². The third-order valence-electron chi connectivity index (χ3n) is 3.70. The number of hydrogen-bond acceptors (Lipinski definition) is 3. The maximum Gasteiger partial charge on any atom is 0.335 e. The van der Waals surface area contributed by atoms with E-state index in [9.17, 15) is 4.79 Å². The molecule has 1 aliphatic rings. The van der Waals surface area contributed by atoms with Crippen LogP contribution >= 0.6 is 11.8 Å². The number of thioether (sulfide) groups is 1. The minimum Gasteiger partial charge on any atom is -0.493 e. The number of carbonyl (C=O) groups is 1. The summed E-state index contributed by atoms with van der Waals surface area (Å²) in [5, 5.41) is 9.60. The van der Waals surface area contributed by atoms with E-state index in [4.69, 9.17) is 9.84 Å². The molecule has 0 aliphatic heterocycles. The standard InChI is InChI=1S/C16H22O3S/c1-12-3-2-4-15(11-12)20-10-9-19-14-7-5-13(6-8-14)16(17)18/h5-8,12,15H,2-4,9-11H2,1H3,(H,17,18). The van der Waals surface area contributed by atoms with Gasteiger partial charge in [-0.2, -0.15) is 11.8 Å². The molecule has 2 atom stereocenters. The Morgan fingerprint density at radius 2 is 2.10 bits per heavy atom. The Kier molecular flexibility index (Phi) is 5.77. The van der Waals surface area contributed by atoms with Crippen LogP contribution in [0.25, 0.3) is 0 Å². The normalized spacial score (nSPS) is 22.4. The number of hydrogen-bond donors (Lipinski definition) is 1. The number of carboxylic acids is 1. The Morgan fingerprint density at radius 1 is 1.35 bits per heavy atom. The minimum absolute atomic E-state index is 0.294. The van der Waals surface area contributed by atoms with Crippen LogP contribution < -0.4 is 4.74 Å². The lowest BCUT2D eigenvalue weighted by atomic mass is 9.91. The van der Waals surface area contributed by atoms with Crippen molar-refractivity contribution in [1.82, 2.24) is 0 Å². The molecule has 20 heavy (non-hydrogen) atoms. The van der Waals surface area contributed by atoms with Gasteiger partial charge in [0.05, 0.1) is 12.2 Å². The smallest absolute Gasteiger partial charge is 0.335 e. The Morgan fingerprint density at radius 3 is 2.75 bits per heavy atom. The van der Waals surface area contributed by atoms with Gasteiger partial charge in [0, 0.05) is 11.0 Å². The number of ether oxygens (including phenoxy) is 1. The summed E-state index contributed by atoms with van der Waals surface area (Å²) in [6, 6.07) is 6.59. The molecule has 0 amide bonds. The van der Waals surface area contributed by atoms with Crippen LogP contribution in [0.4, 0.5) is 0 Å². The second kappa shape index (κ2) is 7.58. The van der Waals surface area contributed by atoms with Crippen molar-refractivity contribution in [2.45, 2.75) is 37.9 Å². The van der Waals surface area contributed by atoms with Gasteiger partial charge in [0.25, 0.3) is 0 Å². The molecule has 0 radical (unpaired) electrons. The van der Waals surface area contributed by atoms with Crippen LogP contribution in [0.3, 0.4) is 0 Å². The molecule has 1 fully saturated rings. The highest BCUT2D eigenvalue weighted by Crippen LogP contribution is 2.31. The van der Waals surface area contributed by atoms with Crippen LogP contribution in [0.1, 0.15) is 43.0 Å². The average Bonchev–Trinajstić information content (AvgIpc) is 2.44. The molecule has 1 saturated carbocycles. The van der Waals surface area contributed by atoms with Gasteiger partial charge < -0.3 is 9.84 Å². The molecule has 0 bridgehead atoms. The van der Waals surface area contributed by atoms with E-state index in [1.165, 1.54) is 25.7 Å². The Labute approximate surface area is 124 Å². The predicted octanol–water partition coefficient (Wildman–Crippen LogP) is 4.08. The highest BCUT2D eigenvalue weighted by Gasteiger charge is 2.18. The third kappa shape index (κ3) is 4.75. The maximum atomic E-state index is 10.7. The van der Waals surface area contributed by atoms with Crippen LogP contribution in [0.15, 0.2) is 24.3 Å². The van der Waals surface area contributed by atoms with Crippen LogP contribution in [0, 0.1) is 5.92 Å². The number of carboxylic acid groups (broad SMARTS) is 1. The molecule has 2 rings (SSSR count). The van der Waals surface area contributed by atoms with Crippen LogP contribution in [-0.2, 0) is 0 Å². The van der Waals surface area contributed by atoms with Crippen molar-refractivity contribution in [2.24, 2.45) is 5.92 Å². The summed E-state index contributed by atoms with van der Waals surface area (Å²) in [7, 11) is 0. The molecule has 1 aromatic carbocycles. The number of benzene rings is 1. The molecule has 0 saturated heterocycles. The SMILES string of the molecule is CC1CCCC(SCCOc2ccc(C(=O)O)cc2)C1. The van der Waals surface area contributed by atoms with Gasteiger partial charge in [0.1, 0.15) is 5.75 Å². The lowest BCUT2D eigenvalue weighted by molar-refractivity contribution is 0.0697. The zero-order valence-corrected chi connectivity index (χ0v) is 12.7. The van der Waals surface area contributed by atoms with Crippen LogP contribution in [0.5, 0.6) is 5.75 Å². The lowest BCUT2D eigenvalue weighted by Crippen LogP contribution is -2.16. The maximum absolute atomic E-state index is 10.7. The van der Waals surface area contributed by atoms with Gasteiger partial charge in [0.2, 0.25) is 0 Å². The first-order chi connectivity index (χ1) is 9.65. The lowest BCUT2D eigenvalue weighted by Gasteiger charge is -2.26. The van der Waals surface area contributed by atoms with E-state index in [0.29, 0.717) is 12.2 Å². The fraction of sp³-hybridized carbons (Fsp3) is 0.562. The third-order valence-corrected chi connectivity index (χ3v) is 5.00. The van der Waals surface area contributed by atoms with Gasteiger partial charge in [-0.25, -0.2) is 4.79 Å². The number of aromatic carboxylic acids is 1. The van der Waals surface area contributed by atoms with E-state index < -0.39 is 5.97 Å². The van der Waals surface area contributed by atoms with Crippen molar-refractivity contribution < 1.29 is 14.6 Å². The molecular formula is C16H22O3S. The molecule has 1 N–H and O–H groups in total. The van der Waals surface area contributed by atoms with Crippen LogP contribution in [-0.4, -0.2) is 28.7 Å². The Hall–Kier alpha value is -1.16. The van der Waals surface area contributed by atoms with Crippen molar-refractivity contribution in [3.05, 3.63) is 29.8 Å². The first kappa shape index (κ1) is 15.2. The molecule has 0 spiro atoms. The molecular weight excluding hydrogens is 272 g/mol. The molecule has 1 aliphatic carbocycles. The first-order valence-corrected chi connectivity index (χ1v) is 8.28. The fourth-order valence-electron chi connectivity index (χ4n) is 2.60. The second-order valence-corrected chi connectivity index (χ2v) is 6.85. The summed E-state index contributed by atoms with van der Waals surface area (Å²) in [5.74, 6) is 1.70. The van der Waals surface area contributed by atoms with Gasteiger partial charge in [-0.3, -0.25) is 0 Å². The molecule has 0 aromatic heterocycles. The average molecular weight is 294 g/mol. The van der Waals surface area contributed by atoms with Gasteiger partial charge in [-0.05, 0) is 43.0 Å². The zero-order valence-electron chi connectivity index (χ0n) is 11.9. The minimum atomic E-state index is -0.904. The van der Waals surface area contributed by atoms with Crippen LogP contribution in [0.2, 0.25) is 0 Å². The summed E-state index contributed by atoms with van der Waals surface area (Å²) in [5.41, 5.74) is 0.294. The van der Waals surface area contributed by atoms with Gasteiger partial charge in [-0.1, -0.05) is 19.8 Å². The van der Waals surface area contributed by atoms with E-state index in [2.05, 4.69) is 6.92 Å². The molecule has 3 nitrogen and oxygen atoms in total. The summed E-state index contributed by atoms with van der Waals surface area (Å²) in [6.45, 7) is 3.02. The predicted molar refractivity (Wildman–Crippen MR) is 82.8 cm³/mol. The fourth-order valence-corrected chi connectivity index (χ4v) is 3.91. The molecule has 1 aromatic rings. The summed E-state index contributed by atoms with van der Waals surface area (Å²) in [6.07, 6.45) is 5.40. The van der Waals surface area contributed by atoms with Crippen molar-refractivity contribution in [3.8, 4) is 5.75 Å². The molecule has 110 valence electrons. The van der Waals surface area contributed by atoms with E-state index in [1.54, 1.807) is 24.3 Å². The molecule has 2 unspecified atom stereocenters. The van der Waals surface area contributed by atoms with E-state index in [1.807, 2.05) is 11.8 Å². The molecule has 4 heteroatoms.